The molecule has 2 aromatic heterocycles. The standard InChI is InChI=1S/C45H48ClN7O8S/c46-32-4-2-29(3-5-32)37-24-45(12-1-13-45)14-10-31(37)27-51-16-18-52(19-17-51)39-9-7-36(43(47)54)41(61-33-22-30-11-15-48-44(30)50-25-33)42(39)62(57,58)35-6-8-38(40(23-35)53(55)56)49-26-34-28-59-20-21-60-34/h2-9,11,15,22-23,25,34,49H,1,10,12-14,16-21,24,26-28H2,(H2,47,54)(H,48,50)/t34-/m1/s1. The fourth-order valence-corrected chi connectivity index (χ4v) is 11.0. The molecule has 0 bridgehead atoms. The average Bonchev–Trinajstić information content (AvgIpc) is 3.74. The lowest BCUT2D eigenvalue weighted by Gasteiger charge is -2.47. The SMILES string of the molecule is NC(=O)c1ccc(N2CCN(CC3=C(c4ccc(Cl)cc4)CC4(CCC4)CC3)CC2)c(S(=O)(=O)c2ccc(NC[C@@H]3COCCO3)c([N+](=O)[O-])c2)c1Oc1cnc2[nH]ccc2c1. The first-order valence-electron chi connectivity index (χ1n) is 21.0. The topological polar surface area (TPSA) is 195 Å². The number of sulfone groups is 1. The zero-order valence-electron chi connectivity index (χ0n) is 34.1. The number of ether oxygens (including phenoxy) is 3. The van der Waals surface area contributed by atoms with Crippen molar-refractivity contribution in [1.82, 2.24) is 14.9 Å². The summed E-state index contributed by atoms with van der Waals surface area (Å²) in [4.78, 5) is 36.0. The first kappa shape index (κ1) is 41.8. The van der Waals surface area contributed by atoms with Crippen molar-refractivity contribution in [2.24, 2.45) is 11.1 Å². The number of allylic oxidation sites excluding steroid dienone is 1. The van der Waals surface area contributed by atoms with E-state index in [4.69, 9.17) is 31.5 Å². The second kappa shape index (κ2) is 17.3. The number of carbonyl (C=O) groups is 1. The smallest absolute Gasteiger partial charge is 0.293 e. The van der Waals surface area contributed by atoms with Crippen LogP contribution in [0.25, 0.3) is 16.6 Å². The van der Waals surface area contributed by atoms with Gasteiger partial charge in [0.1, 0.15) is 22.0 Å². The van der Waals surface area contributed by atoms with E-state index >= 15 is 8.42 Å². The van der Waals surface area contributed by atoms with E-state index in [1.807, 2.05) is 17.0 Å². The summed E-state index contributed by atoms with van der Waals surface area (Å²) in [7, 11) is -4.66. The van der Waals surface area contributed by atoms with Crippen LogP contribution in [0.15, 0.2) is 94.5 Å². The van der Waals surface area contributed by atoms with Gasteiger partial charge in [0, 0.05) is 61.9 Å². The van der Waals surface area contributed by atoms with E-state index in [1.165, 1.54) is 66.8 Å². The quantitative estimate of drug-likeness (QED) is 0.0775. The van der Waals surface area contributed by atoms with Gasteiger partial charge < -0.3 is 35.1 Å². The van der Waals surface area contributed by atoms with Gasteiger partial charge in [-0.2, -0.15) is 0 Å². The molecular formula is C45H48ClN7O8S. The van der Waals surface area contributed by atoms with E-state index < -0.39 is 26.4 Å². The van der Waals surface area contributed by atoms with E-state index in [1.54, 1.807) is 24.4 Å². The van der Waals surface area contributed by atoms with Crippen LogP contribution in [0.2, 0.25) is 5.02 Å². The Labute approximate surface area is 364 Å². The van der Waals surface area contributed by atoms with Gasteiger partial charge in [0.25, 0.3) is 11.6 Å². The van der Waals surface area contributed by atoms with Crippen molar-refractivity contribution in [1.29, 1.82) is 0 Å². The number of pyridine rings is 1. The Morgan fingerprint density at radius 1 is 1.05 bits per heavy atom. The summed E-state index contributed by atoms with van der Waals surface area (Å²) in [5.74, 6) is -1.04. The minimum atomic E-state index is -4.66. The number of nitro benzene ring substituents is 1. The molecule has 2 aliphatic heterocycles. The van der Waals surface area contributed by atoms with E-state index in [2.05, 4.69) is 32.3 Å². The maximum Gasteiger partial charge on any atom is 0.293 e. The summed E-state index contributed by atoms with van der Waals surface area (Å²) in [6.07, 6.45) is 9.87. The molecule has 4 heterocycles. The number of aromatic amines is 1. The molecule has 17 heteroatoms. The number of fused-ring (bicyclic) bond motifs is 1. The minimum Gasteiger partial charge on any atom is -0.453 e. The maximum absolute atomic E-state index is 15.2. The highest BCUT2D eigenvalue weighted by Crippen LogP contribution is 2.55. The molecule has 1 saturated carbocycles. The van der Waals surface area contributed by atoms with Gasteiger partial charge in [0.2, 0.25) is 9.84 Å². The molecule has 1 atom stereocenters. The highest BCUT2D eigenvalue weighted by Gasteiger charge is 2.41. The molecule has 0 unspecified atom stereocenters. The van der Waals surface area contributed by atoms with E-state index in [9.17, 15) is 14.9 Å². The number of hydrogen-bond donors (Lipinski definition) is 3. The molecule has 3 fully saturated rings. The summed E-state index contributed by atoms with van der Waals surface area (Å²) in [5, 5.41) is 16.9. The van der Waals surface area contributed by atoms with E-state index in [0.717, 1.165) is 25.5 Å². The van der Waals surface area contributed by atoms with Crippen LogP contribution in [0, 0.1) is 15.5 Å². The van der Waals surface area contributed by atoms with Crippen molar-refractivity contribution in [3.05, 3.63) is 111 Å². The number of nitrogens with one attached hydrogen (secondary N) is 2. The lowest BCUT2D eigenvalue weighted by molar-refractivity contribution is -0.384. The number of hydrogen-bond acceptors (Lipinski definition) is 12. The van der Waals surface area contributed by atoms with Gasteiger partial charge in [0.05, 0.1) is 53.2 Å². The van der Waals surface area contributed by atoms with Crippen LogP contribution in [-0.4, -0.2) is 99.3 Å². The number of halogens is 1. The molecule has 15 nitrogen and oxygen atoms in total. The molecule has 1 spiro atoms. The molecule has 4 aliphatic rings. The predicted molar refractivity (Wildman–Crippen MR) is 236 cm³/mol. The Kier molecular flexibility index (Phi) is 11.7. The number of benzene rings is 3. The highest BCUT2D eigenvalue weighted by molar-refractivity contribution is 7.91. The number of H-pyrrole nitrogens is 1. The monoisotopic (exact) mass is 881 g/mol. The van der Waals surface area contributed by atoms with Crippen molar-refractivity contribution >= 4 is 61.0 Å². The molecule has 62 heavy (non-hydrogen) atoms. The number of nitrogens with two attached hydrogens (primary N) is 1. The third kappa shape index (κ3) is 8.49. The fraction of sp³-hybridized carbons (Fsp3) is 0.378. The van der Waals surface area contributed by atoms with Gasteiger partial charge in [-0.15, -0.1) is 0 Å². The summed E-state index contributed by atoms with van der Waals surface area (Å²) in [6, 6.07) is 18.3. The van der Waals surface area contributed by atoms with Crippen molar-refractivity contribution in [3.8, 4) is 11.5 Å². The zero-order valence-corrected chi connectivity index (χ0v) is 35.7. The number of nitro groups is 1. The Bertz CT molecular complexity index is 2650. The largest absolute Gasteiger partial charge is 0.453 e. The zero-order chi connectivity index (χ0) is 43.0. The number of piperazine rings is 1. The number of carbonyl (C=O) groups excluding carboxylic acids is 1. The molecule has 4 N–H and O–H groups in total. The third-order valence-electron chi connectivity index (χ3n) is 12.8. The molecule has 324 valence electrons. The number of nitrogens with zero attached hydrogens (tertiary/aromatic N) is 4. The summed E-state index contributed by atoms with van der Waals surface area (Å²) in [5.41, 5.74) is 10.7. The normalized spacial score (nSPS) is 19.4. The number of primary amides is 1. The van der Waals surface area contributed by atoms with Gasteiger partial charge in [0.15, 0.2) is 5.75 Å². The molecule has 3 aromatic carbocycles. The number of anilines is 2. The van der Waals surface area contributed by atoms with E-state index in [0.29, 0.717) is 67.5 Å². The number of amides is 1. The Balaban J connectivity index is 1.06. The molecule has 9 rings (SSSR count). The molecule has 2 saturated heterocycles. The number of aromatic nitrogens is 2. The summed E-state index contributed by atoms with van der Waals surface area (Å²) < 4.78 is 47.8. The van der Waals surface area contributed by atoms with Crippen LogP contribution in [0.5, 0.6) is 11.5 Å². The van der Waals surface area contributed by atoms with Crippen molar-refractivity contribution in [2.75, 3.05) is 69.3 Å². The van der Waals surface area contributed by atoms with Crippen LogP contribution in [0.4, 0.5) is 17.1 Å². The fourth-order valence-electron chi connectivity index (χ4n) is 9.23. The Morgan fingerprint density at radius 2 is 1.85 bits per heavy atom. The lowest BCUT2D eigenvalue weighted by atomic mass is 9.59. The van der Waals surface area contributed by atoms with Gasteiger partial charge >= 0.3 is 0 Å². The molecule has 5 aromatic rings. The van der Waals surface area contributed by atoms with Crippen LogP contribution in [0.3, 0.4) is 0 Å². The minimum absolute atomic E-state index is 0.114. The van der Waals surface area contributed by atoms with Crippen molar-refractivity contribution < 1.29 is 32.3 Å². The molecule has 2 aliphatic carbocycles. The summed E-state index contributed by atoms with van der Waals surface area (Å²) in [6.45, 7) is 4.36. The first-order chi connectivity index (χ1) is 30.0. The van der Waals surface area contributed by atoms with Crippen LogP contribution in [-0.2, 0) is 19.3 Å². The Morgan fingerprint density at radius 3 is 2.56 bits per heavy atom. The van der Waals surface area contributed by atoms with Gasteiger partial charge in [-0.05, 0) is 97.2 Å². The van der Waals surface area contributed by atoms with Crippen molar-refractivity contribution in [3.63, 3.8) is 0 Å². The molecular weight excluding hydrogens is 834 g/mol. The van der Waals surface area contributed by atoms with Gasteiger partial charge in [-0.1, -0.05) is 35.7 Å². The summed E-state index contributed by atoms with van der Waals surface area (Å²) >= 11 is 6.29. The average molecular weight is 882 g/mol. The first-order valence-corrected chi connectivity index (χ1v) is 22.8. The number of rotatable bonds is 13. The van der Waals surface area contributed by atoms with Crippen LogP contribution < -0.4 is 20.7 Å². The van der Waals surface area contributed by atoms with Crippen LogP contribution in [0.1, 0.15) is 54.4 Å². The van der Waals surface area contributed by atoms with E-state index in [-0.39, 0.29) is 50.9 Å². The predicted octanol–water partition coefficient (Wildman–Crippen LogP) is 7.61. The third-order valence-corrected chi connectivity index (χ3v) is 14.8. The van der Waals surface area contributed by atoms with Crippen molar-refractivity contribution in [2.45, 2.75) is 54.4 Å². The molecule has 1 amide bonds. The van der Waals surface area contributed by atoms with Gasteiger partial charge in [-0.25, -0.2) is 13.4 Å². The maximum atomic E-state index is 15.2. The van der Waals surface area contributed by atoms with Crippen LogP contribution >= 0.6 is 11.6 Å². The second-order valence-corrected chi connectivity index (χ2v) is 18.9. The second-order valence-electron chi connectivity index (χ2n) is 16.6. The Hall–Kier alpha value is -5.52. The molecule has 0 radical (unpaired) electrons. The lowest BCUT2D eigenvalue weighted by Crippen LogP contribution is -2.47. The van der Waals surface area contributed by atoms with Gasteiger partial charge in [-0.3, -0.25) is 19.8 Å². The highest BCUT2D eigenvalue weighted by atomic mass is 35.5.